The van der Waals surface area contributed by atoms with Gasteiger partial charge in [-0.15, -0.1) is 0 Å². The highest BCUT2D eigenvalue weighted by Crippen LogP contribution is 2.29. The number of halogens is 2. The van der Waals surface area contributed by atoms with Crippen molar-refractivity contribution >= 4 is 44.4 Å². The molecule has 19 heavy (non-hydrogen) atoms. The summed E-state index contributed by atoms with van der Waals surface area (Å²) in [6, 6.07) is 5.25. The number of carbonyl (C=O) groups is 1. The van der Waals surface area contributed by atoms with Gasteiger partial charge >= 0.3 is 5.97 Å². The molecule has 0 fully saturated rings. The zero-order valence-electron chi connectivity index (χ0n) is 10.4. The maximum Gasteiger partial charge on any atom is 0.343 e. The topological polar surface area (TPSA) is 48.4 Å². The van der Waals surface area contributed by atoms with Gasteiger partial charge in [-0.1, -0.05) is 27.5 Å². The number of hydrogen-bond acceptors (Lipinski definition) is 4. The molecular formula is C13H11BrClNO3. The van der Waals surface area contributed by atoms with E-state index >= 15 is 0 Å². The van der Waals surface area contributed by atoms with E-state index < -0.39 is 5.97 Å². The number of aromatic nitrogens is 1. The monoisotopic (exact) mass is 343 g/mol. The van der Waals surface area contributed by atoms with Crippen LogP contribution in [0.4, 0.5) is 0 Å². The molecule has 2 aromatic rings. The second-order valence-corrected chi connectivity index (χ2v) is 4.80. The SMILES string of the molecule is COC(=O)c1cc2cc(Cl)cc(CBr)c2nc1OC. The number of pyridine rings is 1. The van der Waals surface area contributed by atoms with Crippen LogP contribution in [0.2, 0.25) is 5.02 Å². The van der Waals surface area contributed by atoms with E-state index in [-0.39, 0.29) is 11.4 Å². The molecule has 0 spiro atoms. The molecule has 0 N–H and O–H groups in total. The van der Waals surface area contributed by atoms with Crippen molar-refractivity contribution in [3.05, 3.63) is 34.3 Å². The lowest BCUT2D eigenvalue weighted by molar-refractivity contribution is 0.0596. The molecule has 0 aliphatic heterocycles. The van der Waals surface area contributed by atoms with Gasteiger partial charge in [-0.05, 0) is 23.8 Å². The summed E-state index contributed by atoms with van der Waals surface area (Å²) >= 11 is 9.44. The number of nitrogens with zero attached hydrogens (tertiary/aromatic N) is 1. The molecule has 1 aromatic heterocycles. The Kier molecular flexibility index (Phi) is 4.27. The van der Waals surface area contributed by atoms with Crippen molar-refractivity contribution in [3.8, 4) is 5.88 Å². The largest absolute Gasteiger partial charge is 0.480 e. The van der Waals surface area contributed by atoms with E-state index in [9.17, 15) is 4.79 Å². The lowest BCUT2D eigenvalue weighted by Gasteiger charge is -2.10. The fourth-order valence-corrected chi connectivity index (χ4v) is 2.49. The van der Waals surface area contributed by atoms with Crippen LogP contribution in [0, 0.1) is 0 Å². The normalized spacial score (nSPS) is 10.5. The second-order valence-electron chi connectivity index (χ2n) is 3.81. The van der Waals surface area contributed by atoms with Crippen LogP contribution in [0.25, 0.3) is 10.9 Å². The van der Waals surface area contributed by atoms with Gasteiger partial charge in [-0.3, -0.25) is 0 Å². The minimum atomic E-state index is -0.494. The Labute approximate surface area is 123 Å². The van der Waals surface area contributed by atoms with Crippen LogP contribution < -0.4 is 4.74 Å². The zero-order chi connectivity index (χ0) is 14.0. The highest BCUT2D eigenvalue weighted by Gasteiger charge is 2.17. The number of esters is 1. The smallest absolute Gasteiger partial charge is 0.343 e. The Balaban J connectivity index is 2.77. The number of methoxy groups -OCH3 is 2. The minimum absolute atomic E-state index is 0.240. The fraction of sp³-hybridized carbons (Fsp3) is 0.231. The van der Waals surface area contributed by atoms with Crippen molar-refractivity contribution < 1.29 is 14.3 Å². The van der Waals surface area contributed by atoms with Crippen molar-refractivity contribution in [3.63, 3.8) is 0 Å². The molecule has 6 heteroatoms. The standard InChI is InChI=1S/C13H11BrClNO3/c1-18-12-10(13(17)19-2)5-7-3-9(15)4-8(6-14)11(7)16-12/h3-5H,6H2,1-2H3. The van der Waals surface area contributed by atoms with Crippen molar-refractivity contribution in [2.75, 3.05) is 14.2 Å². The highest BCUT2D eigenvalue weighted by molar-refractivity contribution is 9.08. The lowest BCUT2D eigenvalue weighted by atomic mass is 10.1. The van der Waals surface area contributed by atoms with Crippen LogP contribution in [0.15, 0.2) is 18.2 Å². The first-order valence-corrected chi connectivity index (χ1v) is 6.92. The Morgan fingerprint density at radius 3 is 2.68 bits per heavy atom. The zero-order valence-corrected chi connectivity index (χ0v) is 12.7. The summed E-state index contributed by atoms with van der Waals surface area (Å²) in [5, 5.41) is 1.96. The molecule has 0 aliphatic rings. The Morgan fingerprint density at radius 2 is 2.11 bits per heavy atom. The first kappa shape index (κ1) is 14.1. The fourth-order valence-electron chi connectivity index (χ4n) is 1.82. The first-order chi connectivity index (χ1) is 9.10. The summed E-state index contributed by atoms with van der Waals surface area (Å²) in [4.78, 5) is 16.1. The number of benzene rings is 1. The maximum atomic E-state index is 11.7. The number of hydrogen-bond donors (Lipinski definition) is 0. The number of rotatable bonds is 3. The van der Waals surface area contributed by atoms with Crippen LogP contribution >= 0.6 is 27.5 Å². The Hall–Kier alpha value is -1.33. The van der Waals surface area contributed by atoms with Crippen molar-refractivity contribution in [2.24, 2.45) is 0 Å². The first-order valence-electron chi connectivity index (χ1n) is 5.42. The van der Waals surface area contributed by atoms with Gasteiger partial charge in [0.25, 0.3) is 0 Å². The quantitative estimate of drug-likeness (QED) is 0.631. The summed E-state index contributed by atoms with van der Waals surface area (Å²) in [6.45, 7) is 0. The van der Waals surface area contributed by atoms with Gasteiger partial charge in [0.1, 0.15) is 5.56 Å². The second kappa shape index (κ2) is 5.75. The molecule has 1 aromatic carbocycles. The number of ether oxygens (including phenoxy) is 2. The Bertz CT molecular complexity index is 645. The summed E-state index contributed by atoms with van der Waals surface area (Å²) in [7, 11) is 2.78. The molecule has 0 radical (unpaired) electrons. The molecule has 0 saturated carbocycles. The van der Waals surface area contributed by atoms with E-state index in [1.165, 1.54) is 14.2 Å². The number of carbonyl (C=O) groups excluding carboxylic acids is 1. The van der Waals surface area contributed by atoms with Crippen LogP contribution in [0.3, 0.4) is 0 Å². The summed E-state index contributed by atoms with van der Waals surface area (Å²) in [6.07, 6.45) is 0. The van der Waals surface area contributed by atoms with Gasteiger partial charge < -0.3 is 9.47 Å². The predicted molar refractivity (Wildman–Crippen MR) is 77.3 cm³/mol. The molecule has 100 valence electrons. The van der Waals surface area contributed by atoms with Gasteiger partial charge in [0.05, 0.1) is 19.7 Å². The van der Waals surface area contributed by atoms with Crippen molar-refractivity contribution in [1.29, 1.82) is 0 Å². The van der Waals surface area contributed by atoms with E-state index in [0.29, 0.717) is 10.4 Å². The molecule has 0 atom stereocenters. The average molecular weight is 345 g/mol. The van der Waals surface area contributed by atoms with E-state index in [1.54, 1.807) is 12.1 Å². The molecule has 4 nitrogen and oxygen atoms in total. The molecule has 0 unspecified atom stereocenters. The van der Waals surface area contributed by atoms with Gasteiger partial charge in [0.15, 0.2) is 0 Å². The van der Waals surface area contributed by atoms with Crippen LogP contribution in [0.1, 0.15) is 15.9 Å². The van der Waals surface area contributed by atoms with Crippen molar-refractivity contribution in [1.82, 2.24) is 4.98 Å². The lowest BCUT2D eigenvalue weighted by Crippen LogP contribution is -2.06. The van der Waals surface area contributed by atoms with Gasteiger partial charge in [0.2, 0.25) is 5.88 Å². The summed E-state index contributed by atoms with van der Waals surface area (Å²) in [5.41, 5.74) is 1.95. The van der Waals surface area contributed by atoms with E-state index in [1.807, 2.05) is 6.07 Å². The Morgan fingerprint density at radius 1 is 1.37 bits per heavy atom. The maximum absolute atomic E-state index is 11.7. The molecule has 0 bridgehead atoms. The van der Waals surface area contributed by atoms with Gasteiger partial charge in [-0.25, -0.2) is 9.78 Å². The highest BCUT2D eigenvalue weighted by atomic mass is 79.9. The van der Waals surface area contributed by atoms with Crippen LogP contribution in [-0.4, -0.2) is 25.2 Å². The molecule has 1 heterocycles. The third-order valence-electron chi connectivity index (χ3n) is 2.67. The van der Waals surface area contributed by atoms with Gasteiger partial charge in [0, 0.05) is 15.7 Å². The number of fused-ring (bicyclic) bond motifs is 1. The molecular weight excluding hydrogens is 334 g/mol. The molecule has 0 amide bonds. The van der Waals surface area contributed by atoms with Crippen molar-refractivity contribution in [2.45, 2.75) is 5.33 Å². The third kappa shape index (κ3) is 2.67. The number of alkyl halides is 1. The molecule has 0 aliphatic carbocycles. The van der Waals surface area contributed by atoms with Gasteiger partial charge in [-0.2, -0.15) is 0 Å². The summed E-state index contributed by atoms with van der Waals surface area (Å²) < 4.78 is 9.86. The molecule has 2 rings (SSSR count). The van der Waals surface area contributed by atoms with E-state index in [2.05, 4.69) is 20.9 Å². The van der Waals surface area contributed by atoms with E-state index in [0.717, 1.165) is 16.5 Å². The molecule has 0 saturated heterocycles. The van der Waals surface area contributed by atoms with E-state index in [4.69, 9.17) is 21.1 Å². The summed E-state index contributed by atoms with van der Waals surface area (Å²) in [5.74, 6) is -0.254. The van der Waals surface area contributed by atoms with Crippen LogP contribution in [-0.2, 0) is 10.1 Å². The minimum Gasteiger partial charge on any atom is -0.480 e. The third-order valence-corrected chi connectivity index (χ3v) is 3.49. The van der Waals surface area contributed by atoms with Crippen LogP contribution in [0.5, 0.6) is 5.88 Å². The average Bonchev–Trinajstić information content (AvgIpc) is 2.43. The predicted octanol–water partition coefficient (Wildman–Crippen LogP) is 3.58.